The fraction of sp³-hybridized carbons (Fsp3) is 0.294. The Balaban J connectivity index is 1.51. The van der Waals surface area contributed by atoms with E-state index in [9.17, 15) is 27.9 Å². The molecule has 0 radical (unpaired) electrons. The molecule has 0 bridgehead atoms. The number of ether oxygens (including phenoxy) is 2. The maximum Gasteiger partial charge on any atom is 0.326 e. The highest BCUT2D eigenvalue weighted by molar-refractivity contribution is 6.33. The van der Waals surface area contributed by atoms with Crippen LogP contribution in [-0.4, -0.2) is 61.2 Å². The van der Waals surface area contributed by atoms with Crippen molar-refractivity contribution in [3.63, 3.8) is 0 Å². The lowest BCUT2D eigenvalue weighted by Crippen LogP contribution is -2.42. The van der Waals surface area contributed by atoms with Gasteiger partial charge < -0.3 is 19.9 Å². The van der Waals surface area contributed by atoms with Crippen LogP contribution in [0.25, 0.3) is 21.9 Å². The minimum Gasteiger partial charge on any atom is -0.496 e. The normalized spacial score (nSPS) is 15.4. The van der Waals surface area contributed by atoms with Crippen LogP contribution in [0.5, 0.6) is 11.5 Å². The third-order valence-electron chi connectivity index (χ3n) is 8.11. The number of rotatable bonds is 10. The SMILES string of the molecule is COc1ccc(CN2CCC(F)(F)CC2)c(OC)c1-c1cccc2c(C[C@H](NC(=O)c3c(F)cccc3Cl)C(=O)O)cccc12. The Morgan fingerprint density at radius 1 is 0.956 bits per heavy atom. The third-order valence-corrected chi connectivity index (χ3v) is 8.42. The van der Waals surface area contributed by atoms with E-state index < -0.39 is 35.2 Å². The molecular weight excluding hydrogens is 609 g/mol. The quantitative estimate of drug-likeness (QED) is 0.195. The molecule has 5 rings (SSSR count). The number of likely N-dealkylation sites (tertiary alicyclic amines) is 1. The number of halogens is 4. The van der Waals surface area contributed by atoms with Crippen molar-refractivity contribution in [1.29, 1.82) is 0 Å². The van der Waals surface area contributed by atoms with Gasteiger partial charge in [0.1, 0.15) is 23.4 Å². The van der Waals surface area contributed by atoms with Crippen LogP contribution in [-0.2, 0) is 17.8 Å². The Bertz CT molecular complexity index is 1720. The number of nitrogens with one attached hydrogen (secondary N) is 1. The van der Waals surface area contributed by atoms with Gasteiger partial charge in [0, 0.05) is 44.5 Å². The number of hydrogen-bond donors (Lipinski definition) is 2. The van der Waals surface area contributed by atoms with Gasteiger partial charge in [-0.1, -0.05) is 60.1 Å². The van der Waals surface area contributed by atoms with Crippen LogP contribution in [0.3, 0.4) is 0 Å². The van der Waals surface area contributed by atoms with Crippen LogP contribution < -0.4 is 14.8 Å². The molecule has 0 unspecified atom stereocenters. The van der Waals surface area contributed by atoms with E-state index >= 15 is 0 Å². The number of methoxy groups -OCH3 is 2. The molecule has 1 aliphatic heterocycles. The van der Waals surface area contributed by atoms with E-state index in [4.69, 9.17) is 21.1 Å². The number of nitrogens with zero attached hydrogens (tertiary/aromatic N) is 1. The monoisotopic (exact) mass is 640 g/mol. The van der Waals surface area contributed by atoms with Crippen molar-refractivity contribution in [2.24, 2.45) is 0 Å². The highest BCUT2D eigenvalue weighted by Crippen LogP contribution is 2.44. The molecule has 0 aromatic heterocycles. The van der Waals surface area contributed by atoms with Gasteiger partial charge in [0.15, 0.2) is 0 Å². The number of carboxylic acid groups (broad SMARTS) is 1. The molecule has 1 aliphatic rings. The lowest BCUT2D eigenvalue weighted by atomic mass is 9.91. The molecule has 45 heavy (non-hydrogen) atoms. The van der Waals surface area contributed by atoms with Crippen molar-refractivity contribution in [3.8, 4) is 22.6 Å². The number of fused-ring (bicyclic) bond motifs is 1. The van der Waals surface area contributed by atoms with Crippen LogP contribution in [0.2, 0.25) is 5.02 Å². The van der Waals surface area contributed by atoms with E-state index in [-0.39, 0.29) is 37.4 Å². The fourth-order valence-corrected chi connectivity index (χ4v) is 6.05. The minimum atomic E-state index is -2.65. The van der Waals surface area contributed by atoms with Crippen molar-refractivity contribution in [2.45, 2.75) is 37.8 Å². The lowest BCUT2D eigenvalue weighted by molar-refractivity contribution is -0.139. The van der Waals surface area contributed by atoms with Crippen molar-refractivity contribution in [3.05, 3.63) is 94.3 Å². The topological polar surface area (TPSA) is 88.1 Å². The summed E-state index contributed by atoms with van der Waals surface area (Å²) in [6.45, 7) is 0.942. The maximum absolute atomic E-state index is 14.4. The van der Waals surface area contributed by atoms with Gasteiger partial charge >= 0.3 is 5.97 Å². The first-order valence-electron chi connectivity index (χ1n) is 14.4. The standard InChI is InChI=1S/C34H32ClF3N2O5/c1-44-28-13-12-21(19-40-16-14-34(37,38)15-17-40)31(45-2)29(28)24-9-4-7-22-20(6-3-8-23(22)24)18-27(33(42)43)39-32(41)30-25(35)10-5-11-26(30)36/h3-13,27H,14-19H2,1-2H3,(H,39,41)(H,42,43)/t27-/m0/s1. The molecule has 4 aromatic carbocycles. The van der Waals surface area contributed by atoms with Crippen LogP contribution in [0, 0.1) is 5.82 Å². The Kier molecular flexibility index (Phi) is 9.55. The highest BCUT2D eigenvalue weighted by atomic mass is 35.5. The summed E-state index contributed by atoms with van der Waals surface area (Å²) in [6.07, 6.45) is -0.493. The van der Waals surface area contributed by atoms with Crippen LogP contribution in [0.1, 0.15) is 34.3 Å². The third kappa shape index (κ3) is 6.87. The van der Waals surface area contributed by atoms with Crippen LogP contribution in [0.4, 0.5) is 13.2 Å². The van der Waals surface area contributed by atoms with Crippen molar-refractivity contribution in [2.75, 3.05) is 27.3 Å². The van der Waals surface area contributed by atoms with Gasteiger partial charge in [-0.2, -0.15) is 0 Å². The second-order valence-electron chi connectivity index (χ2n) is 11.0. The van der Waals surface area contributed by atoms with E-state index in [0.29, 0.717) is 29.2 Å². The van der Waals surface area contributed by atoms with E-state index in [1.807, 2.05) is 41.3 Å². The molecule has 11 heteroatoms. The molecule has 1 heterocycles. The largest absolute Gasteiger partial charge is 0.496 e. The zero-order chi connectivity index (χ0) is 32.3. The molecular formula is C34H32ClF3N2O5. The number of carbonyl (C=O) groups is 2. The first-order valence-corrected chi connectivity index (χ1v) is 14.7. The number of alkyl halides is 2. The number of piperidine rings is 1. The van der Waals surface area contributed by atoms with Crippen LogP contribution in [0.15, 0.2) is 66.7 Å². The summed E-state index contributed by atoms with van der Waals surface area (Å²) in [5.74, 6) is -4.66. The second-order valence-corrected chi connectivity index (χ2v) is 11.4. The molecule has 1 saturated heterocycles. The summed E-state index contributed by atoms with van der Waals surface area (Å²) in [5, 5.41) is 13.8. The zero-order valence-electron chi connectivity index (χ0n) is 24.7. The molecule has 1 fully saturated rings. The number of carbonyl (C=O) groups excluding carboxylic acids is 1. The van der Waals surface area contributed by atoms with Crippen molar-refractivity contribution in [1.82, 2.24) is 10.2 Å². The second kappa shape index (κ2) is 13.4. The maximum atomic E-state index is 14.4. The van der Waals surface area contributed by atoms with Gasteiger partial charge in [-0.05, 0) is 40.1 Å². The molecule has 1 amide bonds. The molecule has 1 atom stereocenters. The van der Waals surface area contributed by atoms with Gasteiger partial charge in [-0.25, -0.2) is 18.0 Å². The fourth-order valence-electron chi connectivity index (χ4n) is 5.81. The van der Waals surface area contributed by atoms with E-state index in [0.717, 1.165) is 28.0 Å². The molecule has 4 aromatic rings. The average Bonchev–Trinajstić information content (AvgIpc) is 3.01. The van der Waals surface area contributed by atoms with E-state index in [1.54, 1.807) is 26.4 Å². The molecule has 7 nitrogen and oxygen atoms in total. The first-order chi connectivity index (χ1) is 21.5. The lowest BCUT2D eigenvalue weighted by Gasteiger charge is -2.32. The predicted octanol–water partition coefficient (Wildman–Crippen LogP) is 6.97. The summed E-state index contributed by atoms with van der Waals surface area (Å²) in [7, 11) is 3.09. The summed E-state index contributed by atoms with van der Waals surface area (Å²) < 4.78 is 53.6. The molecule has 236 valence electrons. The smallest absolute Gasteiger partial charge is 0.326 e. The number of aliphatic carboxylic acids is 1. The Hall–Kier alpha value is -4.28. The van der Waals surface area contributed by atoms with Gasteiger partial charge in [-0.3, -0.25) is 9.69 Å². The highest BCUT2D eigenvalue weighted by Gasteiger charge is 2.34. The first kappa shape index (κ1) is 32.1. The summed E-state index contributed by atoms with van der Waals surface area (Å²) in [5.41, 5.74) is 2.43. The number of hydrogen-bond acceptors (Lipinski definition) is 5. The van der Waals surface area contributed by atoms with Crippen molar-refractivity contribution >= 4 is 34.2 Å². The molecule has 0 aliphatic carbocycles. The Labute approximate surface area is 263 Å². The van der Waals surface area contributed by atoms with Gasteiger partial charge in [-0.15, -0.1) is 0 Å². The van der Waals surface area contributed by atoms with Crippen LogP contribution >= 0.6 is 11.6 Å². The molecule has 0 saturated carbocycles. The zero-order valence-corrected chi connectivity index (χ0v) is 25.5. The number of amides is 1. The molecule has 0 spiro atoms. The number of carboxylic acids is 1. The van der Waals surface area contributed by atoms with Crippen molar-refractivity contribution < 1.29 is 37.3 Å². The summed E-state index contributed by atoms with van der Waals surface area (Å²) in [6, 6.07) is 17.1. The summed E-state index contributed by atoms with van der Waals surface area (Å²) in [4.78, 5) is 27.1. The Morgan fingerprint density at radius 3 is 2.31 bits per heavy atom. The predicted molar refractivity (Wildman–Crippen MR) is 166 cm³/mol. The number of benzene rings is 4. The van der Waals surface area contributed by atoms with E-state index in [1.165, 1.54) is 12.1 Å². The average molecular weight is 641 g/mol. The van der Waals surface area contributed by atoms with E-state index in [2.05, 4.69) is 5.32 Å². The van der Waals surface area contributed by atoms with Gasteiger partial charge in [0.25, 0.3) is 11.8 Å². The van der Waals surface area contributed by atoms with Gasteiger partial charge in [0.05, 0.1) is 30.4 Å². The minimum absolute atomic E-state index is 0.0954. The Morgan fingerprint density at radius 2 is 1.64 bits per heavy atom. The molecule has 2 N–H and O–H groups in total. The summed E-state index contributed by atoms with van der Waals surface area (Å²) >= 11 is 6.03. The van der Waals surface area contributed by atoms with Gasteiger partial charge in [0.2, 0.25) is 0 Å².